The third kappa shape index (κ3) is 5.88. The van der Waals surface area contributed by atoms with E-state index in [1.54, 1.807) is 20.8 Å². The number of carbonyl (C=O) groups excluding carboxylic acids is 1. The van der Waals surface area contributed by atoms with Gasteiger partial charge in [0.25, 0.3) is 0 Å². The molecule has 7 heteroatoms. The van der Waals surface area contributed by atoms with Gasteiger partial charge in [0.05, 0.1) is 18.3 Å². The van der Waals surface area contributed by atoms with Crippen LogP contribution in [0.3, 0.4) is 0 Å². The largest absolute Gasteiger partial charge is 0.481 e. The first kappa shape index (κ1) is 16.7. The van der Waals surface area contributed by atoms with E-state index in [0.717, 1.165) is 6.92 Å². The summed E-state index contributed by atoms with van der Waals surface area (Å²) in [5.41, 5.74) is -0.860. The molecule has 4 nitrogen and oxygen atoms in total. The second kappa shape index (κ2) is 5.58. The van der Waals surface area contributed by atoms with Crippen molar-refractivity contribution in [3.05, 3.63) is 0 Å². The molecule has 2 unspecified atom stereocenters. The Morgan fingerprint density at radius 2 is 1.67 bits per heavy atom. The zero-order chi connectivity index (χ0) is 14.7. The molecular weight excluding hydrogens is 253 g/mol. The highest BCUT2D eigenvalue weighted by Gasteiger charge is 2.45. The molecule has 0 saturated heterocycles. The Kier molecular flexibility index (Phi) is 5.19. The lowest BCUT2D eigenvalue weighted by Crippen LogP contribution is -2.36. The van der Waals surface area contributed by atoms with E-state index in [2.05, 4.69) is 0 Å². The molecule has 106 valence electrons. The average Bonchev–Trinajstić information content (AvgIpc) is 2.08. The summed E-state index contributed by atoms with van der Waals surface area (Å²) in [5.74, 6) is -6.56. The van der Waals surface area contributed by atoms with Gasteiger partial charge in [0.1, 0.15) is 5.60 Å². The van der Waals surface area contributed by atoms with Crippen LogP contribution in [0.25, 0.3) is 0 Å². The number of carbonyl (C=O) groups is 2. The molecule has 0 aliphatic heterocycles. The number of halogens is 3. The molecule has 0 amide bonds. The van der Waals surface area contributed by atoms with Crippen LogP contribution in [-0.2, 0) is 14.3 Å². The van der Waals surface area contributed by atoms with Gasteiger partial charge in [-0.25, -0.2) is 0 Å². The Balaban J connectivity index is 4.76. The second-order valence-corrected chi connectivity index (χ2v) is 5.07. The highest BCUT2D eigenvalue weighted by atomic mass is 19.4. The highest BCUT2D eigenvalue weighted by molar-refractivity contribution is 5.79. The van der Waals surface area contributed by atoms with Crippen molar-refractivity contribution in [3.63, 3.8) is 0 Å². The SMILES string of the molecule is CC(C(CC(=O)OC(C)(C)C)C(=O)O)C(F)(F)F. The summed E-state index contributed by atoms with van der Waals surface area (Å²) in [7, 11) is 0. The van der Waals surface area contributed by atoms with Gasteiger partial charge in [-0.05, 0) is 20.8 Å². The van der Waals surface area contributed by atoms with Gasteiger partial charge in [-0.2, -0.15) is 13.2 Å². The maximum Gasteiger partial charge on any atom is 0.392 e. The van der Waals surface area contributed by atoms with E-state index in [4.69, 9.17) is 9.84 Å². The topological polar surface area (TPSA) is 63.6 Å². The first-order valence-corrected chi connectivity index (χ1v) is 5.36. The summed E-state index contributed by atoms with van der Waals surface area (Å²) in [5, 5.41) is 8.75. The zero-order valence-corrected chi connectivity index (χ0v) is 10.7. The first-order chi connectivity index (χ1) is 7.84. The summed E-state index contributed by atoms with van der Waals surface area (Å²) in [4.78, 5) is 22.1. The molecule has 0 aromatic carbocycles. The summed E-state index contributed by atoms with van der Waals surface area (Å²) in [6.45, 7) is 5.39. The summed E-state index contributed by atoms with van der Waals surface area (Å²) in [6, 6.07) is 0. The van der Waals surface area contributed by atoms with Crippen molar-refractivity contribution in [3.8, 4) is 0 Å². The van der Waals surface area contributed by atoms with Crippen LogP contribution in [0.2, 0.25) is 0 Å². The maximum atomic E-state index is 12.4. The number of rotatable bonds is 4. The molecular formula is C11H17F3O4. The molecule has 0 fully saturated rings. The predicted molar refractivity (Wildman–Crippen MR) is 56.8 cm³/mol. The quantitative estimate of drug-likeness (QED) is 0.797. The molecule has 0 aliphatic rings. The Morgan fingerprint density at radius 3 is 1.94 bits per heavy atom. The van der Waals surface area contributed by atoms with Crippen LogP contribution in [0.5, 0.6) is 0 Å². The molecule has 0 radical (unpaired) electrons. The standard InChI is InChI=1S/C11H17F3O4/c1-6(11(12,13)14)7(9(16)17)5-8(15)18-10(2,3)4/h6-7H,5H2,1-4H3,(H,16,17). The van der Waals surface area contributed by atoms with Crippen molar-refractivity contribution in [2.75, 3.05) is 0 Å². The van der Waals surface area contributed by atoms with Crippen molar-refractivity contribution in [1.29, 1.82) is 0 Å². The fourth-order valence-corrected chi connectivity index (χ4v) is 1.27. The summed E-state index contributed by atoms with van der Waals surface area (Å²) in [6.07, 6.45) is -5.46. The monoisotopic (exact) mass is 270 g/mol. The Hall–Kier alpha value is -1.27. The predicted octanol–water partition coefficient (Wildman–Crippen LogP) is 2.62. The highest BCUT2D eigenvalue weighted by Crippen LogP contribution is 2.33. The number of hydrogen-bond donors (Lipinski definition) is 1. The molecule has 1 N–H and O–H groups in total. The molecule has 0 saturated carbocycles. The van der Waals surface area contributed by atoms with Crippen molar-refractivity contribution in [2.45, 2.75) is 45.9 Å². The number of carboxylic acids is 1. The molecule has 18 heavy (non-hydrogen) atoms. The lowest BCUT2D eigenvalue weighted by molar-refractivity contribution is -0.195. The summed E-state index contributed by atoms with van der Waals surface area (Å²) >= 11 is 0. The van der Waals surface area contributed by atoms with Gasteiger partial charge in [-0.1, -0.05) is 6.92 Å². The van der Waals surface area contributed by atoms with Crippen LogP contribution in [0, 0.1) is 11.8 Å². The summed E-state index contributed by atoms with van der Waals surface area (Å²) < 4.78 is 42.1. The number of alkyl halides is 3. The molecule has 0 aliphatic carbocycles. The normalized spacial score (nSPS) is 15.9. The van der Waals surface area contributed by atoms with Crippen LogP contribution in [0.1, 0.15) is 34.1 Å². The van der Waals surface area contributed by atoms with Gasteiger partial charge in [-0.3, -0.25) is 9.59 Å². The van der Waals surface area contributed by atoms with E-state index in [1.807, 2.05) is 0 Å². The van der Waals surface area contributed by atoms with Crippen LogP contribution in [0.15, 0.2) is 0 Å². The Morgan fingerprint density at radius 1 is 1.22 bits per heavy atom. The Labute approximate surface area is 103 Å². The van der Waals surface area contributed by atoms with Gasteiger partial charge in [0, 0.05) is 0 Å². The fourth-order valence-electron chi connectivity index (χ4n) is 1.27. The fraction of sp³-hybridized carbons (Fsp3) is 0.818. The van der Waals surface area contributed by atoms with Crippen molar-refractivity contribution in [2.24, 2.45) is 11.8 Å². The number of esters is 1. The van der Waals surface area contributed by atoms with Crippen molar-refractivity contribution < 1.29 is 32.6 Å². The van der Waals surface area contributed by atoms with Crippen molar-refractivity contribution >= 4 is 11.9 Å². The molecule has 0 aromatic heterocycles. The van der Waals surface area contributed by atoms with Crippen LogP contribution >= 0.6 is 0 Å². The van der Waals surface area contributed by atoms with Gasteiger partial charge >= 0.3 is 18.1 Å². The van der Waals surface area contributed by atoms with E-state index < -0.39 is 42.0 Å². The molecule has 0 rings (SSSR count). The average molecular weight is 270 g/mol. The first-order valence-electron chi connectivity index (χ1n) is 5.36. The zero-order valence-electron chi connectivity index (χ0n) is 10.7. The van der Waals surface area contributed by atoms with Crippen LogP contribution < -0.4 is 0 Å². The van der Waals surface area contributed by atoms with E-state index in [1.165, 1.54) is 0 Å². The van der Waals surface area contributed by atoms with E-state index in [-0.39, 0.29) is 0 Å². The van der Waals surface area contributed by atoms with Crippen LogP contribution in [0.4, 0.5) is 13.2 Å². The lowest BCUT2D eigenvalue weighted by Gasteiger charge is -2.24. The van der Waals surface area contributed by atoms with E-state index >= 15 is 0 Å². The van der Waals surface area contributed by atoms with E-state index in [0.29, 0.717) is 0 Å². The maximum absolute atomic E-state index is 12.4. The third-order valence-electron chi connectivity index (χ3n) is 2.24. The molecule has 0 aromatic rings. The number of hydrogen-bond acceptors (Lipinski definition) is 3. The smallest absolute Gasteiger partial charge is 0.392 e. The second-order valence-electron chi connectivity index (χ2n) is 5.07. The van der Waals surface area contributed by atoms with Gasteiger partial charge in [0.15, 0.2) is 0 Å². The minimum absolute atomic E-state index is 0.739. The number of carboxylic acid groups (broad SMARTS) is 1. The molecule has 0 spiro atoms. The Bertz CT molecular complexity index is 317. The molecule has 2 atom stereocenters. The lowest BCUT2D eigenvalue weighted by atomic mass is 9.90. The minimum atomic E-state index is -4.66. The van der Waals surface area contributed by atoms with Crippen molar-refractivity contribution in [1.82, 2.24) is 0 Å². The van der Waals surface area contributed by atoms with Gasteiger partial charge < -0.3 is 9.84 Å². The number of aliphatic carboxylic acids is 1. The van der Waals surface area contributed by atoms with E-state index in [9.17, 15) is 22.8 Å². The minimum Gasteiger partial charge on any atom is -0.481 e. The molecule has 0 bridgehead atoms. The molecule has 0 heterocycles. The number of ether oxygens (including phenoxy) is 1. The van der Waals surface area contributed by atoms with Gasteiger partial charge in [-0.15, -0.1) is 0 Å². The third-order valence-corrected chi connectivity index (χ3v) is 2.24. The van der Waals surface area contributed by atoms with Crippen LogP contribution in [-0.4, -0.2) is 28.8 Å². The van der Waals surface area contributed by atoms with Gasteiger partial charge in [0.2, 0.25) is 0 Å².